The molecule has 0 saturated heterocycles. The van der Waals surface area contributed by atoms with E-state index in [1.54, 1.807) is 0 Å². The van der Waals surface area contributed by atoms with Crippen LogP contribution in [-0.2, 0) is 0 Å². The van der Waals surface area contributed by atoms with Gasteiger partial charge in [0.05, 0.1) is 0 Å². The fourth-order valence-electron chi connectivity index (χ4n) is 3.36. The average Bonchev–Trinajstić information content (AvgIpc) is 2.37. The van der Waals surface area contributed by atoms with E-state index in [0.717, 1.165) is 6.42 Å². The topological polar surface area (TPSA) is 26.0 Å². The molecular formula is C18H29N. The van der Waals surface area contributed by atoms with Crippen molar-refractivity contribution in [3.05, 3.63) is 35.9 Å². The molecule has 0 aliphatic heterocycles. The molecule has 2 rings (SSSR count). The third-order valence-electron chi connectivity index (χ3n) is 4.62. The minimum atomic E-state index is 0.00683. The second kappa shape index (κ2) is 5.66. The lowest BCUT2D eigenvalue weighted by Crippen LogP contribution is -2.48. The van der Waals surface area contributed by atoms with E-state index in [9.17, 15) is 0 Å². The van der Waals surface area contributed by atoms with Crippen molar-refractivity contribution in [2.45, 2.75) is 70.8 Å². The largest absolute Gasteiger partial charge is 0.325 e. The zero-order valence-corrected chi connectivity index (χ0v) is 12.8. The Labute approximate surface area is 118 Å². The predicted molar refractivity (Wildman–Crippen MR) is 83.3 cm³/mol. The molecule has 1 saturated carbocycles. The molecule has 1 aliphatic carbocycles. The zero-order valence-electron chi connectivity index (χ0n) is 12.8. The van der Waals surface area contributed by atoms with Crippen molar-refractivity contribution in [3.63, 3.8) is 0 Å². The molecule has 0 aromatic heterocycles. The first-order valence-corrected chi connectivity index (χ1v) is 7.75. The quantitative estimate of drug-likeness (QED) is 0.823. The van der Waals surface area contributed by atoms with Gasteiger partial charge >= 0.3 is 0 Å². The fourth-order valence-corrected chi connectivity index (χ4v) is 3.36. The van der Waals surface area contributed by atoms with Crippen molar-refractivity contribution < 1.29 is 0 Å². The summed E-state index contributed by atoms with van der Waals surface area (Å²) in [5.74, 6) is 0.546. The van der Waals surface area contributed by atoms with Crippen LogP contribution in [0.25, 0.3) is 0 Å². The molecule has 1 aromatic rings. The van der Waals surface area contributed by atoms with E-state index in [2.05, 4.69) is 51.1 Å². The van der Waals surface area contributed by atoms with E-state index < -0.39 is 0 Å². The first-order chi connectivity index (χ1) is 8.91. The van der Waals surface area contributed by atoms with Crippen LogP contribution >= 0.6 is 0 Å². The minimum Gasteiger partial charge on any atom is -0.325 e. The molecule has 0 spiro atoms. The van der Waals surface area contributed by atoms with Gasteiger partial charge in [-0.05, 0) is 36.7 Å². The number of benzene rings is 1. The summed E-state index contributed by atoms with van der Waals surface area (Å²) in [6, 6.07) is 10.9. The first kappa shape index (κ1) is 14.6. The molecule has 0 bridgehead atoms. The van der Waals surface area contributed by atoms with E-state index in [1.165, 1.54) is 37.7 Å². The van der Waals surface area contributed by atoms with Gasteiger partial charge in [-0.1, -0.05) is 63.9 Å². The molecule has 1 aromatic carbocycles. The van der Waals surface area contributed by atoms with Gasteiger partial charge in [0.2, 0.25) is 0 Å². The highest BCUT2D eigenvalue weighted by Gasteiger charge is 2.38. The van der Waals surface area contributed by atoms with Gasteiger partial charge in [0.15, 0.2) is 0 Å². The molecule has 1 fully saturated rings. The Kier molecular flexibility index (Phi) is 4.35. The number of rotatable bonds is 3. The van der Waals surface area contributed by atoms with Crippen LogP contribution in [0.3, 0.4) is 0 Å². The van der Waals surface area contributed by atoms with Gasteiger partial charge in [0.25, 0.3) is 0 Å². The normalized spacial score (nSPS) is 28.3. The summed E-state index contributed by atoms with van der Waals surface area (Å²) in [6.45, 7) is 6.95. The van der Waals surface area contributed by atoms with Crippen LogP contribution in [0, 0.1) is 5.41 Å². The third-order valence-corrected chi connectivity index (χ3v) is 4.62. The predicted octanol–water partition coefficient (Wildman–Crippen LogP) is 4.87. The van der Waals surface area contributed by atoms with Crippen molar-refractivity contribution in [2.24, 2.45) is 11.1 Å². The Bertz CT molecular complexity index is 390. The van der Waals surface area contributed by atoms with E-state index in [0.29, 0.717) is 11.3 Å². The molecule has 0 radical (unpaired) electrons. The van der Waals surface area contributed by atoms with E-state index in [-0.39, 0.29) is 5.54 Å². The molecule has 0 amide bonds. The standard InChI is InChI=1S/C18H29N/c1-17(2,3)13-14-18(19)12-8-7-11-16(18)15-9-5-4-6-10-15/h4-6,9-10,16H,7-8,11-14,19H2,1-3H3. The lowest BCUT2D eigenvalue weighted by molar-refractivity contribution is 0.202. The number of nitrogens with two attached hydrogens (primary N) is 1. The minimum absolute atomic E-state index is 0.00683. The Morgan fingerprint density at radius 2 is 1.84 bits per heavy atom. The van der Waals surface area contributed by atoms with Gasteiger partial charge in [0.1, 0.15) is 0 Å². The van der Waals surface area contributed by atoms with Gasteiger partial charge in [-0.15, -0.1) is 0 Å². The molecule has 2 unspecified atom stereocenters. The van der Waals surface area contributed by atoms with Crippen molar-refractivity contribution in [1.82, 2.24) is 0 Å². The SMILES string of the molecule is CC(C)(C)CCC1(N)CCCCC1c1ccccc1. The van der Waals surface area contributed by atoms with E-state index in [1.807, 2.05) is 0 Å². The highest BCUT2D eigenvalue weighted by Crippen LogP contribution is 2.43. The summed E-state index contributed by atoms with van der Waals surface area (Å²) in [5.41, 5.74) is 8.67. The summed E-state index contributed by atoms with van der Waals surface area (Å²) in [7, 11) is 0. The summed E-state index contributed by atoms with van der Waals surface area (Å²) in [5, 5.41) is 0. The van der Waals surface area contributed by atoms with Crippen LogP contribution in [0.2, 0.25) is 0 Å². The Balaban J connectivity index is 2.15. The number of hydrogen-bond donors (Lipinski definition) is 1. The van der Waals surface area contributed by atoms with Crippen molar-refractivity contribution in [1.29, 1.82) is 0 Å². The Morgan fingerprint density at radius 3 is 2.47 bits per heavy atom. The maximum absolute atomic E-state index is 6.84. The molecule has 19 heavy (non-hydrogen) atoms. The lowest BCUT2D eigenvalue weighted by Gasteiger charge is -2.43. The lowest BCUT2D eigenvalue weighted by atomic mass is 9.66. The second-order valence-electron chi connectivity index (χ2n) is 7.50. The first-order valence-electron chi connectivity index (χ1n) is 7.75. The van der Waals surface area contributed by atoms with Gasteiger partial charge in [-0.25, -0.2) is 0 Å². The van der Waals surface area contributed by atoms with Gasteiger partial charge in [0, 0.05) is 11.5 Å². The maximum atomic E-state index is 6.84. The summed E-state index contributed by atoms with van der Waals surface area (Å²) in [4.78, 5) is 0. The number of hydrogen-bond acceptors (Lipinski definition) is 1. The molecule has 1 heteroatoms. The van der Waals surface area contributed by atoms with Gasteiger partial charge in [-0.2, -0.15) is 0 Å². The maximum Gasteiger partial charge on any atom is 0.0223 e. The van der Waals surface area contributed by atoms with Crippen LogP contribution in [-0.4, -0.2) is 5.54 Å². The van der Waals surface area contributed by atoms with E-state index >= 15 is 0 Å². The van der Waals surface area contributed by atoms with Crippen molar-refractivity contribution in [2.75, 3.05) is 0 Å². The Morgan fingerprint density at radius 1 is 1.16 bits per heavy atom. The molecule has 2 atom stereocenters. The molecular weight excluding hydrogens is 230 g/mol. The molecule has 0 heterocycles. The van der Waals surface area contributed by atoms with Crippen LogP contribution in [0.4, 0.5) is 0 Å². The monoisotopic (exact) mass is 259 g/mol. The molecule has 1 nitrogen and oxygen atoms in total. The third kappa shape index (κ3) is 3.82. The van der Waals surface area contributed by atoms with Crippen molar-refractivity contribution >= 4 is 0 Å². The molecule has 106 valence electrons. The van der Waals surface area contributed by atoms with Gasteiger partial charge in [-0.3, -0.25) is 0 Å². The van der Waals surface area contributed by atoms with Crippen LogP contribution in [0.15, 0.2) is 30.3 Å². The Hall–Kier alpha value is -0.820. The summed E-state index contributed by atoms with van der Waals surface area (Å²) < 4.78 is 0. The van der Waals surface area contributed by atoms with E-state index in [4.69, 9.17) is 5.73 Å². The van der Waals surface area contributed by atoms with Crippen LogP contribution in [0.5, 0.6) is 0 Å². The zero-order chi connectivity index (χ0) is 13.9. The van der Waals surface area contributed by atoms with Crippen LogP contribution < -0.4 is 5.73 Å². The second-order valence-corrected chi connectivity index (χ2v) is 7.50. The highest BCUT2D eigenvalue weighted by molar-refractivity contribution is 5.24. The summed E-state index contributed by atoms with van der Waals surface area (Å²) >= 11 is 0. The smallest absolute Gasteiger partial charge is 0.0223 e. The fraction of sp³-hybridized carbons (Fsp3) is 0.667. The average molecular weight is 259 g/mol. The molecule has 1 aliphatic rings. The van der Waals surface area contributed by atoms with Crippen molar-refractivity contribution in [3.8, 4) is 0 Å². The van der Waals surface area contributed by atoms with Gasteiger partial charge < -0.3 is 5.73 Å². The highest BCUT2D eigenvalue weighted by atomic mass is 14.8. The summed E-state index contributed by atoms with van der Waals surface area (Å²) in [6.07, 6.45) is 7.42. The molecule has 2 N–H and O–H groups in total. The van der Waals surface area contributed by atoms with Crippen LogP contribution in [0.1, 0.15) is 70.8 Å².